The molecule has 230 valence electrons. The smallest absolute Gasteiger partial charge is 0.425 e. The van der Waals surface area contributed by atoms with Crippen molar-refractivity contribution in [2.24, 2.45) is 7.05 Å². The number of aromatic nitrogens is 2. The summed E-state index contributed by atoms with van der Waals surface area (Å²) in [6, 6.07) is 10.8. The Morgan fingerprint density at radius 1 is 1.12 bits per heavy atom. The van der Waals surface area contributed by atoms with Crippen molar-refractivity contribution in [1.82, 2.24) is 25.1 Å². The van der Waals surface area contributed by atoms with Crippen LogP contribution in [0.25, 0.3) is 11.3 Å². The van der Waals surface area contributed by atoms with Crippen molar-refractivity contribution in [2.45, 2.75) is 45.0 Å². The Morgan fingerprint density at radius 2 is 1.81 bits per heavy atom. The molecule has 1 saturated heterocycles. The van der Waals surface area contributed by atoms with E-state index in [0.29, 0.717) is 17.9 Å². The summed E-state index contributed by atoms with van der Waals surface area (Å²) in [5.74, 6) is -0.652. The van der Waals surface area contributed by atoms with Crippen LogP contribution < -0.4 is 15.4 Å². The van der Waals surface area contributed by atoms with E-state index in [2.05, 4.69) is 15.6 Å². The minimum atomic E-state index is -4.57. The molecule has 2 atom stereocenters. The fourth-order valence-corrected chi connectivity index (χ4v) is 4.73. The van der Waals surface area contributed by atoms with Gasteiger partial charge in [0, 0.05) is 37.8 Å². The van der Waals surface area contributed by atoms with Crippen molar-refractivity contribution < 1.29 is 32.3 Å². The Hall–Kier alpha value is -3.90. The molecule has 2 heterocycles. The minimum absolute atomic E-state index is 0.126. The Morgan fingerprint density at radius 3 is 2.37 bits per heavy atom. The summed E-state index contributed by atoms with van der Waals surface area (Å²) in [4.78, 5) is 43.8. The van der Waals surface area contributed by atoms with Crippen LogP contribution in [0.2, 0.25) is 5.02 Å². The van der Waals surface area contributed by atoms with E-state index in [0.717, 1.165) is 37.6 Å². The molecule has 4 rings (SSSR count). The minimum Gasteiger partial charge on any atom is -0.480 e. The first-order valence-corrected chi connectivity index (χ1v) is 14.1. The Balaban J connectivity index is 1.46. The van der Waals surface area contributed by atoms with E-state index >= 15 is 0 Å². The number of ether oxygens (including phenoxy) is 1. The van der Waals surface area contributed by atoms with Crippen LogP contribution in [-0.2, 0) is 18.3 Å². The Labute approximate surface area is 252 Å². The molecule has 1 aromatic heterocycles. The maximum absolute atomic E-state index is 13.1. The van der Waals surface area contributed by atoms with Crippen molar-refractivity contribution in [3.8, 4) is 17.0 Å². The fourth-order valence-electron chi connectivity index (χ4n) is 4.50. The predicted octanol–water partition coefficient (Wildman–Crippen LogP) is 4.44. The fraction of sp³-hybridized carbons (Fsp3) is 0.400. The number of likely N-dealkylation sites (tertiary alicyclic amines) is 1. The third-order valence-electron chi connectivity index (χ3n) is 7.08. The second-order valence-electron chi connectivity index (χ2n) is 10.6. The number of ketones is 1. The zero-order valence-electron chi connectivity index (χ0n) is 24.0. The van der Waals surface area contributed by atoms with Crippen molar-refractivity contribution in [2.75, 3.05) is 26.2 Å². The normalized spacial score (nSPS) is 14.9. The maximum atomic E-state index is 13.1. The molecule has 2 aromatic carbocycles. The maximum Gasteiger partial charge on any atom is 0.425 e. The Kier molecular flexibility index (Phi) is 10.1. The van der Waals surface area contributed by atoms with Gasteiger partial charge in [-0.2, -0.15) is 13.2 Å². The van der Waals surface area contributed by atoms with E-state index in [1.807, 2.05) is 29.2 Å². The van der Waals surface area contributed by atoms with Gasteiger partial charge in [-0.3, -0.25) is 19.3 Å². The molecule has 0 bridgehead atoms. The van der Waals surface area contributed by atoms with Crippen LogP contribution >= 0.6 is 11.6 Å². The van der Waals surface area contributed by atoms with E-state index in [4.69, 9.17) is 16.3 Å². The summed E-state index contributed by atoms with van der Waals surface area (Å²) < 4.78 is 45.3. The summed E-state index contributed by atoms with van der Waals surface area (Å²) in [6.45, 7) is 4.48. The highest BCUT2D eigenvalue weighted by atomic mass is 35.5. The van der Waals surface area contributed by atoms with Gasteiger partial charge in [-0.15, -0.1) is 0 Å². The highest BCUT2D eigenvalue weighted by Gasteiger charge is 2.38. The zero-order valence-corrected chi connectivity index (χ0v) is 24.8. The van der Waals surface area contributed by atoms with Gasteiger partial charge in [0.1, 0.15) is 5.75 Å². The average Bonchev–Trinajstić information content (AvgIpc) is 3.32. The summed E-state index contributed by atoms with van der Waals surface area (Å²) in [6.07, 6.45) is -3.45. The molecule has 13 heteroatoms. The third-order valence-corrected chi connectivity index (χ3v) is 7.37. The summed E-state index contributed by atoms with van der Waals surface area (Å²) in [7, 11) is 1.75. The molecule has 1 aliphatic heterocycles. The number of hydrogen-bond donors (Lipinski definition) is 2. The van der Waals surface area contributed by atoms with E-state index in [1.165, 1.54) is 25.1 Å². The van der Waals surface area contributed by atoms with Gasteiger partial charge >= 0.3 is 6.18 Å². The zero-order chi connectivity index (χ0) is 31.3. The molecule has 1 aliphatic rings. The first-order valence-electron chi connectivity index (χ1n) is 13.8. The lowest BCUT2D eigenvalue weighted by Crippen LogP contribution is -2.49. The standard InChI is InChI=1S/C30H33ClF3N5O4/c1-18(40)28-37-25(16-38(28)3)21-7-5-20(6-8-21)13-23(15-35-27(41)17-39-11-4-12-39)36-29(42)22-9-10-26(24(31)14-22)43-19(2)30(32,33)34/h5-10,14,16,19,23H,4,11-13,15,17H2,1-3H3,(H,35,41)(H,36,42). The lowest BCUT2D eigenvalue weighted by atomic mass is 10.0. The third kappa shape index (κ3) is 8.57. The molecule has 2 N–H and O–H groups in total. The molecule has 0 saturated carbocycles. The Bertz CT molecular complexity index is 1470. The molecule has 3 aromatic rings. The van der Waals surface area contributed by atoms with Gasteiger partial charge in [-0.05, 0) is 56.6 Å². The number of halogens is 4. The number of Topliss-reactive ketones (excluding diaryl/α,β-unsaturated/α-hetero) is 1. The number of rotatable bonds is 12. The van der Waals surface area contributed by atoms with E-state index in [1.54, 1.807) is 17.8 Å². The predicted molar refractivity (Wildman–Crippen MR) is 155 cm³/mol. The highest BCUT2D eigenvalue weighted by molar-refractivity contribution is 6.32. The van der Waals surface area contributed by atoms with E-state index in [-0.39, 0.29) is 41.1 Å². The van der Waals surface area contributed by atoms with Gasteiger partial charge in [-0.1, -0.05) is 35.9 Å². The number of alkyl halides is 3. The van der Waals surface area contributed by atoms with Crippen LogP contribution in [0.15, 0.2) is 48.7 Å². The number of carbonyl (C=O) groups excluding carboxylic acids is 3. The van der Waals surface area contributed by atoms with Crippen LogP contribution in [0.5, 0.6) is 5.75 Å². The molecular weight excluding hydrogens is 587 g/mol. The molecule has 43 heavy (non-hydrogen) atoms. The number of carbonyl (C=O) groups is 3. The van der Waals surface area contributed by atoms with Gasteiger partial charge in [0.05, 0.1) is 23.3 Å². The molecule has 0 aliphatic carbocycles. The summed E-state index contributed by atoms with van der Waals surface area (Å²) in [5, 5.41) is 5.64. The van der Waals surface area contributed by atoms with Gasteiger partial charge in [0.15, 0.2) is 17.7 Å². The highest BCUT2D eigenvalue weighted by Crippen LogP contribution is 2.30. The molecule has 9 nitrogen and oxygen atoms in total. The molecular formula is C30H33ClF3N5O4. The van der Waals surface area contributed by atoms with Crippen LogP contribution in [0, 0.1) is 0 Å². The molecule has 0 radical (unpaired) electrons. The molecule has 0 spiro atoms. The van der Waals surface area contributed by atoms with E-state index in [9.17, 15) is 27.6 Å². The SMILES string of the molecule is CC(=O)c1nc(-c2ccc(CC(CNC(=O)CN3CCC3)NC(=O)c3ccc(OC(C)C(F)(F)F)c(Cl)c3)cc2)cn1C. The quantitative estimate of drug-likeness (QED) is 0.291. The number of imidazole rings is 1. The number of amides is 2. The second-order valence-corrected chi connectivity index (χ2v) is 11.0. The summed E-state index contributed by atoms with van der Waals surface area (Å²) >= 11 is 6.14. The number of hydrogen-bond acceptors (Lipinski definition) is 6. The van der Waals surface area contributed by atoms with Crippen molar-refractivity contribution in [1.29, 1.82) is 0 Å². The van der Waals surface area contributed by atoms with Crippen molar-refractivity contribution in [3.63, 3.8) is 0 Å². The van der Waals surface area contributed by atoms with Gasteiger partial charge in [0.2, 0.25) is 5.91 Å². The molecule has 2 unspecified atom stereocenters. The first kappa shape index (κ1) is 32.0. The monoisotopic (exact) mass is 619 g/mol. The van der Waals surface area contributed by atoms with Crippen molar-refractivity contribution >= 4 is 29.2 Å². The number of nitrogens with one attached hydrogen (secondary N) is 2. The lowest BCUT2D eigenvalue weighted by molar-refractivity contribution is -0.189. The largest absolute Gasteiger partial charge is 0.480 e. The number of nitrogens with zero attached hydrogens (tertiary/aromatic N) is 3. The molecule has 2 amide bonds. The van der Waals surface area contributed by atoms with Crippen LogP contribution in [0.3, 0.4) is 0 Å². The van der Waals surface area contributed by atoms with Gasteiger partial charge < -0.3 is 19.9 Å². The second kappa shape index (κ2) is 13.6. The van der Waals surface area contributed by atoms with Crippen LogP contribution in [0.4, 0.5) is 13.2 Å². The van der Waals surface area contributed by atoms with Gasteiger partial charge in [0.25, 0.3) is 5.91 Å². The topological polar surface area (TPSA) is 106 Å². The van der Waals surface area contributed by atoms with Gasteiger partial charge in [-0.25, -0.2) is 4.98 Å². The number of benzene rings is 2. The lowest BCUT2D eigenvalue weighted by Gasteiger charge is -2.30. The molecule has 1 fully saturated rings. The first-order chi connectivity index (χ1) is 20.3. The summed E-state index contributed by atoms with van der Waals surface area (Å²) in [5.41, 5.74) is 2.46. The van der Waals surface area contributed by atoms with Crippen LogP contribution in [-0.4, -0.2) is 76.5 Å². The average molecular weight is 620 g/mol. The van der Waals surface area contributed by atoms with E-state index < -0.39 is 24.2 Å². The van der Waals surface area contributed by atoms with Crippen LogP contribution in [0.1, 0.15) is 46.8 Å². The number of aryl methyl sites for hydroxylation is 1. The van der Waals surface area contributed by atoms with Crippen molar-refractivity contribution in [3.05, 3.63) is 70.6 Å².